The molecule has 2 aliphatic heterocycles. The van der Waals surface area contributed by atoms with Crippen molar-refractivity contribution < 1.29 is 14.4 Å². The van der Waals surface area contributed by atoms with Crippen molar-refractivity contribution in [2.24, 2.45) is 0 Å². The van der Waals surface area contributed by atoms with E-state index in [1.54, 1.807) is 28.0 Å². The highest BCUT2D eigenvalue weighted by molar-refractivity contribution is 6.11. The van der Waals surface area contributed by atoms with Crippen LogP contribution in [0.4, 0.5) is 5.69 Å². The summed E-state index contributed by atoms with van der Waals surface area (Å²) in [6.45, 7) is 1.43. The van der Waals surface area contributed by atoms with Crippen LogP contribution in [-0.4, -0.2) is 35.2 Å². The van der Waals surface area contributed by atoms with Gasteiger partial charge >= 0.3 is 0 Å². The summed E-state index contributed by atoms with van der Waals surface area (Å²) < 4.78 is 0. The van der Waals surface area contributed by atoms with Crippen LogP contribution in [-0.2, 0) is 17.9 Å². The number of benzene rings is 3. The maximum atomic E-state index is 13.4. The number of nitrogens with one attached hydrogen (secondary N) is 1. The lowest BCUT2D eigenvalue weighted by molar-refractivity contribution is -0.122. The second-order valence-electron chi connectivity index (χ2n) is 8.46. The van der Waals surface area contributed by atoms with Crippen LogP contribution in [0.1, 0.15) is 44.7 Å². The first-order valence-corrected chi connectivity index (χ1v) is 11.2. The maximum Gasteiger partial charge on any atom is 0.256 e. The highest BCUT2D eigenvalue weighted by Gasteiger charge is 2.41. The van der Waals surface area contributed by atoms with Gasteiger partial charge in [-0.05, 0) is 48.2 Å². The van der Waals surface area contributed by atoms with Crippen LogP contribution in [0.15, 0.2) is 78.9 Å². The fraction of sp³-hybridized carbons (Fsp3) is 0.222. The molecule has 33 heavy (non-hydrogen) atoms. The Kier molecular flexibility index (Phi) is 5.65. The van der Waals surface area contributed by atoms with Crippen molar-refractivity contribution in [3.8, 4) is 0 Å². The first kappa shape index (κ1) is 20.9. The number of rotatable bonds is 5. The summed E-state index contributed by atoms with van der Waals surface area (Å²) in [6.07, 6.45) is 1.53. The molecule has 2 heterocycles. The minimum atomic E-state index is -0.409. The second kappa shape index (κ2) is 8.90. The molecule has 3 aromatic rings. The highest BCUT2D eigenvalue weighted by Crippen LogP contribution is 2.33. The molecule has 1 saturated heterocycles. The Hall–Kier alpha value is -3.93. The normalized spacial score (nSPS) is 17.4. The van der Waals surface area contributed by atoms with Crippen molar-refractivity contribution in [2.45, 2.75) is 32.0 Å². The van der Waals surface area contributed by atoms with E-state index in [-0.39, 0.29) is 17.7 Å². The Morgan fingerprint density at radius 3 is 2.39 bits per heavy atom. The van der Waals surface area contributed by atoms with Gasteiger partial charge in [-0.2, -0.15) is 0 Å². The Bertz CT molecular complexity index is 1190. The van der Waals surface area contributed by atoms with Gasteiger partial charge in [-0.1, -0.05) is 54.6 Å². The minimum Gasteiger partial charge on any atom is -0.348 e. The van der Waals surface area contributed by atoms with Gasteiger partial charge < -0.3 is 15.1 Å². The molecule has 0 radical (unpaired) electrons. The topological polar surface area (TPSA) is 69.7 Å². The standard InChI is InChI=1S/C27H25N3O3/c31-25(28-17-19-7-2-1-3-8-19)21-14-12-20(13-15-21)18-30-23-10-5-4-9-22(23)26(32)29-16-6-11-24(29)27(30)33/h1-5,7-10,12-15,24H,6,11,16-18H2,(H,28,31). The van der Waals surface area contributed by atoms with E-state index >= 15 is 0 Å². The lowest BCUT2D eigenvalue weighted by Crippen LogP contribution is -2.44. The van der Waals surface area contributed by atoms with Crippen LogP contribution < -0.4 is 10.2 Å². The number of amides is 3. The fourth-order valence-corrected chi connectivity index (χ4v) is 4.60. The Morgan fingerprint density at radius 2 is 1.61 bits per heavy atom. The molecule has 1 fully saturated rings. The van der Waals surface area contributed by atoms with Crippen LogP contribution >= 0.6 is 0 Å². The summed E-state index contributed by atoms with van der Waals surface area (Å²) >= 11 is 0. The van der Waals surface area contributed by atoms with Crippen LogP contribution in [0, 0.1) is 0 Å². The number of fused-ring (bicyclic) bond motifs is 2. The highest BCUT2D eigenvalue weighted by atomic mass is 16.2. The number of hydrogen-bond donors (Lipinski definition) is 1. The monoisotopic (exact) mass is 439 g/mol. The molecule has 0 spiro atoms. The van der Waals surface area contributed by atoms with Gasteiger partial charge in [-0.3, -0.25) is 14.4 Å². The summed E-state index contributed by atoms with van der Waals surface area (Å²) in [4.78, 5) is 42.4. The van der Waals surface area contributed by atoms with Gasteiger partial charge in [-0.25, -0.2) is 0 Å². The van der Waals surface area contributed by atoms with Crippen molar-refractivity contribution in [1.29, 1.82) is 0 Å². The van der Waals surface area contributed by atoms with E-state index in [0.717, 1.165) is 17.5 Å². The van der Waals surface area contributed by atoms with E-state index in [9.17, 15) is 14.4 Å². The van der Waals surface area contributed by atoms with Crippen LogP contribution in [0.3, 0.4) is 0 Å². The van der Waals surface area contributed by atoms with Crippen molar-refractivity contribution in [3.63, 3.8) is 0 Å². The fourth-order valence-electron chi connectivity index (χ4n) is 4.60. The molecule has 0 bridgehead atoms. The first-order chi connectivity index (χ1) is 16.1. The van der Waals surface area contributed by atoms with E-state index in [1.807, 2.05) is 60.7 Å². The molecule has 166 valence electrons. The Morgan fingerprint density at radius 1 is 0.879 bits per heavy atom. The second-order valence-corrected chi connectivity index (χ2v) is 8.46. The van der Waals surface area contributed by atoms with E-state index in [2.05, 4.69) is 5.32 Å². The average Bonchev–Trinajstić information content (AvgIpc) is 3.33. The maximum absolute atomic E-state index is 13.4. The van der Waals surface area contributed by atoms with Crippen LogP contribution in [0.5, 0.6) is 0 Å². The van der Waals surface area contributed by atoms with E-state index in [4.69, 9.17) is 0 Å². The van der Waals surface area contributed by atoms with Gasteiger partial charge in [0.2, 0.25) is 5.91 Å². The van der Waals surface area contributed by atoms with Crippen molar-refractivity contribution in [3.05, 3.63) is 101 Å². The first-order valence-electron chi connectivity index (χ1n) is 11.2. The molecule has 0 aromatic heterocycles. The molecule has 0 aliphatic carbocycles. The molecular formula is C27H25N3O3. The molecule has 1 atom stereocenters. The molecule has 3 amide bonds. The van der Waals surface area contributed by atoms with E-state index in [1.165, 1.54) is 0 Å². The third-order valence-corrected chi connectivity index (χ3v) is 6.34. The number of carbonyl (C=O) groups excluding carboxylic acids is 3. The Balaban J connectivity index is 1.34. The third-order valence-electron chi connectivity index (χ3n) is 6.34. The summed E-state index contributed by atoms with van der Waals surface area (Å²) in [7, 11) is 0. The van der Waals surface area contributed by atoms with Gasteiger partial charge in [-0.15, -0.1) is 0 Å². The largest absolute Gasteiger partial charge is 0.348 e. The van der Waals surface area contributed by atoms with Gasteiger partial charge in [0.1, 0.15) is 6.04 Å². The van der Waals surface area contributed by atoms with Gasteiger partial charge in [0, 0.05) is 18.7 Å². The SMILES string of the molecule is O=C(NCc1ccccc1)c1ccc(CN2C(=O)C3CCCN3C(=O)c3ccccc32)cc1. The summed E-state index contributed by atoms with van der Waals surface area (Å²) in [5.74, 6) is -0.265. The van der Waals surface area contributed by atoms with Crippen molar-refractivity contribution in [2.75, 3.05) is 11.4 Å². The minimum absolute atomic E-state index is 0.0459. The van der Waals surface area contributed by atoms with Gasteiger partial charge in [0.05, 0.1) is 17.8 Å². The van der Waals surface area contributed by atoms with Gasteiger partial charge in [0.25, 0.3) is 11.8 Å². The lowest BCUT2D eigenvalue weighted by Gasteiger charge is -2.26. The third kappa shape index (κ3) is 4.12. The molecule has 1 N–H and O–H groups in total. The van der Waals surface area contributed by atoms with Crippen LogP contribution in [0.2, 0.25) is 0 Å². The molecule has 6 heteroatoms. The quantitative estimate of drug-likeness (QED) is 0.658. The summed E-state index contributed by atoms with van der Waals surface area (Å²) in [6, 6.07) is 23.9. The molecule has 2 aliphatic rings. The number of anilines is 1. The number of hydrogen-bond acceptors (Lipinski definition) is 3. The van der Waals surface area contributed by atoms with Crippen LogP contribution in [0.25, 0.3) is 0 Å². The molecule has 5 rings (SSSR count). The van der Waals surface area contributed by atoms with Crippen molar-refractivity contribution in [1.82, 2.24) is 10.2 Å². The predicted molar refractivity (Wildman–Crippen MR) is 126 cm³/mol. The average molecular weight is 440 g/mol. The molecule has 0 saturated carbocycles. The smallest absolute Gasteiger partial charge is 0.256 e. The van der Waals surface area contributed by atoms with E-state index < -0.39 is 6.04 Å². The Labute approximate surface area is 192 Å². The molecular weight excluding hydrogens is 414 g/mol. The van der Waals surface area contributed by atoms with Gasteiger partial charge in [0.15, 0.2) is 0 Å². The summed E-state index contributed by atoms with van der Waals surface area (Å²) in [5, 5.41) is 2.93. The van der Waals surface area contributed by atoms with Crippen molar-refractivity contribution >= 4 is 23.4 Å². The summed E-state index contributed by atoms with van der Waals surface area (Å²) in [5.41, 5.74) is 3.71. The number of nitrogens with zero attached hydrogens (tertiary/aromatic N) is 2. The number of carbonyl (C=O) groups is 3. The van der Waals surface area contributed by atoms with E-state index in [0.29, 0.717) is 42.9 Å². The molecule has 6 nitrogen and oxygen atoms in total. The zero-order valence-electron chi connectivity index (χ0n) is 18.2. The predicted octanol–water partition coefficient (Wildman–Crippen LogP) is 3.77. The number of para-hydroxylation sites is 1. The molecule has 1 unspecified atom stereocenters. The lowest BCUT2D eigenvalue weighted by atomic mass is 10.1. The molecule has 3 aromatic carbocycles. The zero-order chi connectivity index (χ0) is 22.8. The zero-order valence-corrected chi connectivity index (χ0v) is 18.2.